The fraction of sp³-hybridized carbons (Fsp3) is 0.933. The van der Waals surface area contributed by atoms with Crippen molar-refractivity contribution in [3.63, 3.8) is 0 Å². The van der Waals surface area contributed by atoms with Crippen LogP contribution in [-0.4, -0.2) is 43.0 Å². The van der Waals surface area contributed by atoms with Crippen molar-refractivity contribution >= 4 is 5.91 Å². The molecule has 3 N–H and O–H groups in total. The van der Waals surface area contributed by atoms with Gasteiger partial charge in [-0.15, -0.1) is 0 Å². The summed E-state index contributed by atoms with van der Waals surface area (Å²) in [5.41, 5.74) is 5.67. The molecular formula is C15H31N3O. The molecule has 19 heavy (non-hydrogen) atoms. The van der Waals surface area contributed by atoms with E-state index in [4.69, 9.17) is 5.73 Å². The van der Waals surface area contributed by atoms with Gasteiger partial charge in [-0.3, -0.25) is 4.79 Å². The third-order valence-electron chi connectivity index (χ3n) is 4.44. The number of nitrogens with zero attached hydrogens (tertiary/aromatic N) is 1. The molecule has 0 radical (unpaired) electrons. The molecule has 1 amide bonds. The molecule has 0 heterocycles. The van der Waals surface area contributed by atoms with Crippen molar-refractivity contribution in [3.05, 3.63) is 0 Å². The molecule has 1 rings (SSSR count). The molecule has 0 aromatic heterocycles. The number of carbonyl (C=O) groups excluding carboxylic acids is 1. The molecule has 0 spiro atoms. The Labute approximate surface area is 118 Å². The summed E-state index contributed by atoms with van der Waals surface area (Å²) in [6.45, 7) is 7.38. The van der Waals surface area contributed by atoms with E-state index in [2.05, 4.69) is 45.1 Å². The highest BCUT2D eigenvalue weighted by Crippen LogP contribution is 2.27. The lowest BCUT2D eigenvalue weighted by Gasteiger charge is -2.38. The van der Waals surface area contributed by atoms with Crippen LogP contribution in [0, 0.1) is 5.41 Å². The van der Waals surface area contributed by atoms with Crippen LogP contribution in [0.2, 0.25) is 0 Å². The van der Waals surface area contributed by atoms with E-state index >= 15 is 0 Å². The Bertz CT molecular complexity index is 307. The van der Waals surface area contributed by atoms with Crippen LogP contribution in [0.3, 0.4) is 0 Å². The smallest absolute Gasteiger partial charge is 0.240 e. The summed E-state index contributed by atoms with van der Waals surface area (Å²) >= 11 is 0. The molecular weight excluding hydrogens is 238 g/mol. The molecule has 0 aromatic carbocycles. The van der Waals surface area contributed by atoms with Crippen LogP contribution in [0.15, 0.2) is 0 Å². The summed E-state index contributed by atoms with van der Waals surface area (Å²) in [7, 11) is 4.11. The number of nitrogens with one attached hydrogen (secondary N) is 1. The molecule has 0 aromatic rings. The molecule has 1 saturated carbocycles. The molecule has 1 atom stereocenters. The van der Waals surface area contributed by atoms with E-state index in [1.807, 2.05) is 0 Å². The first-order valence-corrected chi connectivity index (χ1v) is 7.42. The van der Waals surface area contributed by atoms with Gasteiger partial charge in [0.25, 0.3) is 0 Å². The van der Waals surface area contributed by atoms with Crippen LogP contribution in [0.4, 0.5) is 0 Å². The minimum Gasteiger partial charge on any atom is -0.351 e. The second-order valence-corrected chi connectivity index (χ2v) is 7.14. The summed E-state index contributed by atoms with van der Waals surface area (Å²) in [4.78, 5) is 14.6. The second-order valence-electron chi connectivity index (χ2n) is 7.14. The fourth-order valence-electron chi connectivity index (χ4n) is 2.90. The molecule has 4 nitrogen and oxygen atoms in total. The van der Waals surface area contributed by atoms with E-state index in [0.717, 1.165) is 32.2 Å². The van der Waals surface area contributed by atoms with Crippen LogP contribution in [0.1, 0.15) is 52.9 Å². The second kappa shape index (κ2) is 6.23. The van der Waals surface area contributed by atoms with Crippen LogP contribution < -0.4 is 11.1 Å². The molecule has 1 aliphatic carbocycles. The maximum atomic E-state index is 12.4. The van der Waals surface area contributed by atoms with Gasteiger partial charge >= 0.3 is 0 Å². The van der Waals surface area contributed by atoms with E-state index in [9.17, 15) is 4.79 Å². The van der Waals surface area contributed by atoms with Crippen molar-refractivity contribution in [2.75, 3.05) is 20.6 Å². The molecule has 0 bridgehead atoms. The van der Waals surface area contributed by atoms with Gasteiger partial charge in [0, 0.05) is 12.6 Å². The van der Waals surface area contributed by atoms with Gasteiger partial charge in [0.15, 0.2) is 0 Å². The number of nitrogens with two attached hydrogens (primary N) is 1. The molecule has 4 heteroatoms. The highest BCUT2D eigenvalue weighted by Gasteiger charge is 2.38. The van der Waals surface area contributed by atoms with Gasteiger partial charge in [0.2, 0.25) is 5.91 Å². The molecule has 1 fully saturated rings. The van der Waals surface area contributed by atoms with Gasteiger partial charge in [0.05, 0.1) is 5.54 Å². The molecule has 1 unspecified atom stereocenters. The SMILES string of the molecule is CC(NC(=O)C1(N)CCCCC1)C(C)(C)CN(C)C. The quantitative estimate of drug-likeness (QED) is 0.799. The van der Waals surface area contributed by atoms with Crippen molar-refractivity contribution in [1.29, 1.82) is 0 Å². The van der Waals surface area contributed by atoms with Crippen molar-refractivity contribution in [3.8, 4) is 0 Å². The van der Waals surface area contributed by atoms with Crippen LogP contribution >= 0.6 is 0 Å². The lowest BCUT2D eigenvalue weighted by molar-refractivity contribution is -0.129. The Morgan fingerprint density at radius 3 is 2.32 bits per heavy atom. The monoisotopic (exact) mass is 269 g/mol. The van der Waals surface area contributed by atoms with Crippen molar-refractivity contribution in [1.82, 2.24) is 10.2 Å². The first kappa shape index (κ1) is 16.4. The minimum absolute atomic E-state index is 0.0319. The van der Waals surface area contributed by atoms with Gasteiger partial charge in [-0.1, -0.05) is 33.1 Å². The van der Waals surface area contributed by atoms with Crippen molar-refractivity contribution in [2.24, 2.45) is 11.1 Å². The van der Waals surface area contributed by atoms with Crippen molar-refractivity contribution in [2.45, 2.75) is 64.5 Å². The lowest BCUT2D eigenvalue weighted by atomic mass is 9.80. The van der Waals surface area contributed by atoms with Gasteiger partial charge in [0.1, 0.15) is 0 Å². The van der Waals surface area contributed by atoms with Crippen LogP contribution in [-0.2, 0) is 4.79 Å². The fourth-order valence-corrected chi connectivity index (χ4v) is 2.90. The van der Waals surface area contributed by atoms with E-state index in [0.29, 0.717) is 0 Å². The highest BCUT2D eigenvalue weighted by molar-refractivity contribution is 5.86. The topological polar surface area (TPSA) is 58.4 Å². The van der Waals surface area contributed by atoms with Gasteiger partial charge in [-0.2, -0.15) is 0 Å². The third kappa shape index (κ3) is 4.46. The number of carbonyl (C=O) groups is 1. The first-order chi connectivity index (χ1) is 8.67. The van der Waals surface area contributed by atoms with Crippen molar-refractivity contribution < 1.29 is 4.79 Å². The summed E-state index contributed by atoms with van der Waals surface area (Å²) in [5, 5.41) is 3.15. The largest absolute Gasteiger partial charge is 0.351 e. The highest BCUT2D eigenvalue weighted by atomic mass is 16.2. The maximum absolute atomic E-state index is 12.4. The Hall–Kier alpha value is -0.610. The van der Waals surface area contributed by atoms with Gasteiger partial charge in [-0.25, -0.2) is 0 Å². The van der Waals surface area contributed by atoms with Gasteiger partial charge in [-0.05, 0) is 39.3 Å². The average molecular weight is 269 g/mol. The van der Waals surface area contributed by atoms with Crippen LogP contribution in [0.25, 0.3) is 0 Å². The zero-order chi connectivity index (χ0) is 14.7. The van der Waals surface area contributed by atoms with E-state index < -0.39 is 5.54 Å². The number of amides is 1. The minimum atomic E-state index is -0.638. The predicted molar refractivity (Wildman–Crippen MR) is 79.9 cm³/mol. The standard InChI is InChI=1S/C15H31N3O/c1-12(14(2,3)11-18(4)5)17-13(19)15(16)9-7-6-8-10-15/h12H,6-11,16H2,1-5H3,(H,17,19). The first-order valence-electron chi connectivity index (χ1n) is 7.42. The summed E-state index contributed by atoms with van der Waals surface area (Å²) in [5.74, 6) is 0.0338. The number of hydrogen-bond donors (Lipinski definition) is 2. The predicted octanol–water partition coefficient (Wildman–Crippen LogP) is 1.74. The summed E-state index contributed by atoms with van der Waals surface area (Å²) < 4.78 is 0. The van der Waals surface area contributed by atoms with Crippen LogP contribution in [0.5, 0.6) is 0 Å². The molecule has 112 valence electrons. The lowest BCUT2D eigenvalue weighted by Crippen LogP contribution is -2.59. The Kier molecular flexibility index (Phi) is 5.39. The third-order valence-corrected chi connectivity index (χ3v) is 4.44. The Morgan fingerprint density at radius 2 is 1.84 bits per heavy atom. The zero-order valence-electron chi connectivity index (χ0n) is 13.3. The average Bonchev–Trinajstić information content (AvgIpc) is 2.28. The number of hydrogen-bond acceptors (Lipinski definition) is 3. The zero-order valence-corrected chi connectivity index (χ0v) is 13.3. The normalized spacial score (nSPS) is 21.2. The summed E-state index contributed by atoms with van der Waals surface area (Å²) in [6, 6.07) is 0.116. The Morgan fingerprint density at radius 1 is 1.32 bits per heavy atom. The Balaban J connectivity index is 2.60. The van der Waals surface area contributed by atoms with E-state index in [1.165, 1.54) is 6.42 Å². The maximum Gasteiger partial charge on any atom is 0.240 e. The molecule has 0 saturated heterocycles. The molecule has 0 aliphatic heterocycles. The summed E-state index contributed by atoms with van der Waals surface area (Å²) in [6.07, 6.45) is 4.98. The number of rotatable bonds is 5. The van der Waals surface area contributed by atoms with E-state index in [1.54, 1.807) is 0 Å². The van der Waals surface area contributed by atoms with Gasteiger partial charge < -0.3 is 16.0 Å². The molecule has 1 aliphatic rings. The van der Waals surface area contributed by atoms with E-state index in [-0.39, 0.29) is 17.4 Å².